The van der Waals surface area contributed by atoms with Crippen molar-refractivity contribution in [3.05, 3.63) is 11.7 Å². The van der Waals surface area contributed by atoms with Gasteiger partial charge in [-0.1, -0.05) is 24.4 Å². The zero-order valence-electron chi connectivity index (χ0n) is 11.3. The third kappa shape index (κ3) is 3.10. The van der Waals surface area contributed by atoms with E-state index in [1.54, 1.807) is 0 Å². The Hall–Kier alpha value is -0.900. The maximum atomic E-state index is 5.26. The number of hydrogen-bond acceptors (Lipinski definition) is 4. The third-order valence-electron chi connectivity index (χ3n) is 4.19. The van der Waals surface area contributed by atoms with Gasteiger partial charge in [0.25, 0.3) is 0 Å². The zero-order valence-corrected chi connectivity index (χ0v) is 11.3. The van der Waals surface area contributed by atoms with Crippen LogP contribution in [0.1, 0.15) is 56.7 Å². The maximum absolute atomic E-state index is 5.26. The molecule has 0 aromatic carbocycles. The first-order valence-corrected chi connectivity index (χ1v) is 7.34. The molecule has 1 aromatic rings. The first kappa shape index (κ1) is 12.2. The molecular weight excluding hydrogens is 226 g/mol. The van der Waals surface area contributed by atoms with Crippen molar-refractivity contribution in [1.82, 2.24) is 15.0 Å². The Bertz CT molecular complexity index is 380. The average Bonchev–Trinajstić information content (AvgIpc) is 3.15. The van der Waals surface area contributed by atoms with E-state index in [9.17, 15) is 0 Å². The number of aryl methyl sites for hydroxylation is 1. The normalized spacial score (nSPS) is 21.7. The lowest BCUT2D eigenvalue weighted by molar-refractivity contribution is 0.166. The summed E-state index contributed by atoms with van der Waals surface area (Å²) < 4.78 is 5.26. The van der Waals surface area contributed by atoms with E-state index in [1.807, 2.05) is 6.92 Å². The molecule has 18 heavy (non-hydrogen) atoms. The Kier molecular flexibility index (Phi) is 3.64. The van der Waals surface area contributed by atoms with Crippen LogP contribution in [0.15, 0.2) is 4.52 Å². The minimum absolute atomic E-state index is 0.749. The van der Waals surface area contributed by atoms with Gasteiger partial charge in [-0.25, -0.2) is 0 Å². The Morgan fingerprint density at radius 1 is 1.17 bits per heavy atom. The minimum atomic E-state index is 0.749. The number of rotatable bonds is 5. The van der Waals surface area contributed by atoms with Crippen LogP contribution in [0.3, 0.4) is 0 Å². The van der Waals surface area contributed by atoms with Crippen LogP contribution >= 0.6 is 0 Å². The topological polar surface area (TPSA) is 42.2 Å². The molecule has 0 bridgehead atoms. The highest BCUT2D eigenvalue weighted by Gasteiger charge is 2.31. The quantitative estimate of drug-likeness (QED) is 0.804. The largest absolute Gasteiger partial charge is 0.338 e. The Balaban J connectivity index is 1.57. The van der Waals surface area contributed by atoms with Crippen LogP contribution in [0.5, 0.6) is 0 Å². The van der Waals surface area contributed by atoms with Crippen molar-refractivity contribution in [3.8, 4) is 0 Å². The Labute approximate surface area is 109 Å². The molecule has 0 N–H and O–H groups in total. The molecule has 0 saturated heterocycles. The molecule has 0 aliphatic heterocycles. The molecule has 2 aliphatic carbocycles. The van der Waals surface area contributed by atoms with Crippen LogP contribution < -0.4 is 0 Å². The third-order valence-corrected chi connectivity index (χ3v) is 4.19. The molecule has 0 amide bonds. The van der Waals surface area contributed by atoms with Gasteiger partial charge in [-0.15, -0.1) is 0 Å². The summed E-state index contributed by atoms with van der Waals surface area (Å²) in [5, 5.41) is 3.88. The van der Waals surface area contributed by atoms with Gasteiger partial charge >= 0.3 is 0 Å². The van der Waals surface area contributed by atoms with E-state index in [1.165, 1.54) is 51.5 Å². The highest BCUT2D eigenvalue weighted by molar-refractivity contribution is 4.90. The molecule has 4 nitrogen and oxygen atoms in total. The molecule has 100 valence electrons. The predicted octanol–water partition coefficient (Wildman–Crippen LogP) is 2.92. The Morgan fingerprint density at radius 2 is 1.94 bits per heavy atom. The van der Waals surface area contributed by atoms with E-state index in [-0.39, 0.29) is 0 Å². The fraction of sp³-hybridized carbons (Fsp3) is 0.857. The molecule has 4 heteroatoms. The summed E-state index contributed by atoms with van der Waals surface area (Å²) in [5.74, 6) is 2.43. The summed E-state index contributed by atoms with van der Waals surface area (Å²) in [4.78, 5) is 6.91. The monoisotopic (exact) mass is 249 g/mol. The summed E-state index contributed by atoms with van der Waals surface area (Å²) in [5.41, 5.74) is 0. The summed E-state index contributed by atoms with van der Waals surface area (Å²) in [6.45, 7) is 3.96. The van der Waals surface area contributed by atoms with Crippen LogP contribution in [0.2, 0.25) is 0 Å². The minimum Gasteiger partial charge on any atom is -0.338 e. The van der Waals surface area contributed by atoms with Crippen LogP contribution in [-0.2, 0) is 6.54 Å². The smallest absolute Gasteiger partial charge is 0.240 e. The molecule has 0 spiro atoms. The van der Waals surface area contributed by atoms with Gasteiger partial charge in [0.05, 0.1) is 6.54 Å². The fourth-order valence-electron chi connectivity index (χ4n) is 3.06. The molecule has 2 saturated carbocycles. The fourth-order valence-corrected chi connectivity index (χ4v) is 3.06. The van der Waals surface area contributed by atoms with Crippen molar-refractivity contribution in [2.24, 2.45) is 5.92 Å². The summed E-state index contributed by atoms with van der Waals surface area (Å²) in [6, 6.07) is 0.777. The summed E-state index contributed by atoms with van der Waals surface area (Å²) in [7, 11) is 0. The highest BCUT2D eigenvalue weighted by atomic mass is 16.5. The van der Waals surface area contributed by atoms with Gasteiger partial charge < -0.3 is 4.52 Å². The second-order valence-electron chi connectivity index (χ2n) is 5.90. The van der Waals surface area contributed by atoms with Gasteiger partial charge in [-0.3, -0.25) is 4.90 Å². The van der Waals surface area contributed by atoms with E-state index in [0.717, 1.165) is 30.2 Å². The van der Waals surface area contributed by atoms with Crippen molar-refractivity contribution in [2.45, 2.75) is 64.5 Å². The standard InChI is InChI=1S/C14H23N3O/c1-11-15-14(18-16-11)10-17(13-7-8-13)9-12-5-3-2-4-6-12/h12-13H,2-10H2,1H3. The first-order valence-electron chi connectivity index (χ1n) is 7.34. The number of aromatic nitrogens is 2. The van der Waals surface area contributed by atoms with Gasteiger partial charge in [0, 0.05) is 12.6 Å². The maximum Gasteiger partial charge on any atom is 0.240 e. The van der Waals surface area contributed by atoms with Gasteiger partial charge in [0.2, 0.25) is 5.89 Å². The van der Waals surface area contributed by atoms with Crippen molar-refractivity contribution in [1.29, 1.82) is 0 Å². The van der Waals surface area contributed by atoms with Gasteiger partial charge in [-0.2, -0.15) is 4.98 Å². The van der Waals surface area contributed by atoms with Crippen molar-refractivity contribution in [2.75, 3.05) is 6.54 Å². The van der Waals surface area contributed by atoms with Crippen molar-refractivity contribution >= 4 is 0 Å². The molecule has 0 radical (unpaired) electrons. The lowest BCUT2D eigenvalue weighted by Gasteiger charge is -2.28. The van der Waals surface area contributed by atoms with Crippen molar-refractivity contribution in [3.63, 3.8) is 0 Å². The lowest BCUT2D eigenvalue weighted by atomic mass is 9.89. The molecule has 2 aliphatic rings. The number of nitrogens with zero attached hydrogens (tertiary/aromatic N) is 3. The van der Waals surface area contributed by atoms with Gasteiger partial charge in [-0.05, 0) is 38.5 Å². The molecule has 0 unspecified atom stereocenters. The molecule has 2 fully saturated rings. The van der Waals surface area contributed by atoms with E-state index < -0.39 is 0 Å². The van der Waals surface area contributed by atoms with Crippen LogP contribution in [0.4, 0.5) is 0 Å². The summed E-state index contributed by atoms with van der Waals surface area (Å²) >= 11 is 0. The van der Waals surface area contributed by atoms with E-state index in [4.69, 9.17) is 4.52 Å². The highest BCUT2D eigenvalue weighted by Crippen LogP contribution is 2.32. The van der Waals surface area contributed by atoms with E-state index in [2.05, 4.69) is 15.0 Å². The van der Waals surface area contributed by atoms with E-state index in [0.29, 0.717) is 0 Å². The van der Waals surface area contributed by atoms with Crippen LogP contribution in [0, 0.1) is 12.8 Å². The predicted molar refractivity (Wildman–Crippen MR) is 69.0 cm³/mol. The van der Waals surface area contributed by atoms with E-state index >= 15 is 0 Å². The number of hydrogen-bond donors (Lipinski definition) is 0. The lowest BCUT2D eigenvalue weighted by Crippen LogP contribution is -2.32. The van der Waals surface area contributed by atoms with Crippen LogP contribution in [-0.4, -0.2) is 27.6 Å². The molecule has 1 heterocycles. The van der Waals surface area contributed by atoms with Gasteiger partial charge in [0.15, 0.2) is 5.82 Å². The zero-order chi connectivity index (χ0) is 12.4. The summed E-state index contributed by atoms with van der Waals surface area (Å²) in [6.07, 6.45) is 9.78. The SMILES string of the molecule is Cc1noc(CN(CC2CCCCC2)C2CC2)n1. The molecule has 0 atom stereocenters. The van der Waals surface area contributed by atoms with Crippen LogP contribution in [0.25, 0.3) is 0 Å². The van der Waals surface area contributed by atoms with Crippen molar-refractivity contribution < 1.29 is 4.52 Å². The average molecular weight is 249 g/mol. The second-order valence-corrected chi connectivity index (χ2v) is 5.90. The molecule has 3 rings (SSSR count). The molecule has 1 aromatic heterocycles. The molecular formula is C14H23N3O. The first-order chi connectivity index (χ1) is 8.81. The second kappa shape index (κ2) is 5.39. The van der Waals surface area contributed by atoms with Gasteiger partial charge in [0.1, 0.15) is 0 Å². The Morgan fingerprint density at radius 3 is 2.56 bits per heavy atom.